The standard InChI is InChI=1S/C14H16N2O2S/c1-11-5-6-13(12(15)10-11)19(18)9-8-16-7-3-2-4-14(16)17/h2-7,10H,8-9,15H2,1H3. The summed E-state index contributed by atoms with van der Waals surface area (Å²) in [4.78, 5) is 12.2. The van der Waals surface area contributed by atoms with Crippen LogP contribution in [-0.2, 0) is 17.3 Å². The number of nitrogens with zero attached hydrogens (tertiary/aromatic N) is 1. The molecule has 4 nitrogen and oxygen atoms in total. The van der Waals surface area contributed by atoms with E-state index in [1.54, 1.807) is 29.0 Å². The Morgan fingerprint density at radius 1 is 1.26 bits per heavy atom. The SMILES string of the molecule is Cc1ccc(S(=O)CCn2ccccc2=O)c(N)c1. The summed E-state index contributed by atoms with van der Waals surface area (Å²) in [6, 6.07) is 10.4. The zero-order valence-corrected chi connectivity index (χ0v) is 11.5. The molecule has 1 aromatic carbocycles. The number of aromatic nitrogens is 1. The quantitative estimate of drug-likeness (QED) is 0.862. The first-order valence-corrected chi connectivity index (χ1v) is 7.30. The largest absolute Gasteiger partial charge is 0.398 e. The van der Waals surface area contributed by atoms with Gasteiger partial charge in [-0.1, -0.05) is 12.1 Å². The Morgan fingerprint density at radius 2 is 2.05 bits per heavy atom. The van der Waals surface area contributed by atoms with Gasteiger partial charge in [-0.25, -0.2) is 0 Å². The summed E-state index contributed by atoms with van der Waals surface area (Å²) in [6.45, 7) is 2.35. The summed E-state index contributed by atoms with van der Waals surface area (Å²) >= 11 is 0. The molecule has 0 aliphatic carbocycles. The van der Waals surface area contributed by atoms with Gasteiger partial charge in [0.2, 0.25) is 0 Å². The summed E-state index contributed by atoms with van der Waals surface area (Å²) in [5.74, 6) is 0.372. The van der Waals surface area contributed by atoms with Gasteiger partial charge in [0.05, 0.1) is 15.7 Å². The van der Waals surface area contributed by atoms with Gasteiger partial charge in [-0.15, -0.1) is 0 Å². The van der Waals surface area contributed by atoms with Crippen LogP contribution in [-0.4, -0.2) is 14.5 Å². The molecule has 5 heteroatoms. The average molecular weight is 276 g/mol. The first-order chi connectivity index (χ1) is 9.08. The van der Waals surface area contributed by atoms with Gasteiger partial charge in [-0.3, -0.25) is 9.00 Å². The fraction of sp³-hybridized carbons (Fsp3) is 0.214. The van der Waals surface area contributed by atoms with Crippen molar-refractivity contribution in [2.45, 2.75) is 18.4 Å². The minimum absolute atomic E-state index is 0.0867. The van der Waals surface area contributed by atoms with E-state index in [0.717, 1.165) is 5.56 Å². The van der Waals surface area contributed by atoms with Crippen LogP contribution in [0.1, 0.15) is 5.56 Å². The number of aryl methyl sites for hydroxylation is 2. The van der Waals surface area contributed by atoms with Crippen molar-refractivity contribution in [2.24, 2.45) is 0 Å². The van der Waals surface area contributed by atoms with E-state index >= 15 is 0 Å². The summed E-state index contributed by atoms with van der Waals surface area (Å²) in [7, 11) is -1.20. The van der Waals surface area contributed by atoms with E-state index in [4.69, 9.17) is 5.73 Å². The maximum absolute atomic E-state index is 12.2. The third kappa shape index (κ3) is 3.32. The highest BCUT2D eigenvalue weighted by Crippen LogP contribution is 2.18. The Kier molecular flexibility index (Phi) is 4.16. The maximum atomic E-state index is 12.2. The molecular formula is C14H16N2O2S. The van der Waals surface area contributed by atoms with Crippen LogP contribution in [0.25, 0.3) is 0 Å². The van der Waals surface area contributed by atoms with E-state index in [1.807, 2.05) is 19.1 Å². The van der Waals surface area contributed by atoms with Crippen molar-refractivity contribution >= 4 is 16.5 Å². The number of anilines is 1. The molecule has 100 valence electrons. The molecule has 0 saturated carbocycles. The fourth-order valence-electron chi connectivity index (χ4n) is 1.81. The minimum Gasteiger partial charge on any atom is -0.398 e. The Bertz CT molecular complexity index is 664. The molecule has 2 rings (SSSR count). The summed E-state index contributed by atoms with van der Waals surface area (Å²) in [5, 5.41) is 0. The van der Waals surface area contributed by atoms with E-state index < -0.39 is 10.8 Å². The number of benzene rings is 1. The van der Waals surface area contributed by atoms with Gasteiger partial charge < -0.3 is 10.3 Å². The second kappa shape index (κ2) is 5.84. The van der Waals surface area contributed by atoms with Crippen LogP contribution >= 0.6 is 0 Å². The van der Waals surface area contributed by atoms with Crippen molar-refractivity contribution in [1.29, 1.82) is 0 Å². The van der Waals surface area contributed by atoms with Crippen LogP contribution in [0, 0.1) is 6.92 Å². The van der Waals surface area contributed by atoms with Gasteiger partial charge in [0.25, 0.3) is 5.56 Å². The van der Waals surface area contributed by atoms with Gasteiger partial charge in [0, 0.05) is 30.2 Å². The molecule has 1 unspecified atom stereocenters. The Labute approximate surface area is 114 Å². The molecule has 0 saturated heterocycles. The number of rotatable bonds is 4. The van der Waals surface area contributed by atoms with Crippen molar-refractivity contribution in [1.82, 2.24) is 4.57 Å². The summed E-state index contributed by atoms with van der Waals surface area (Å²) in [6.07, 6.45) is 1.69. The molecule has 2 aromatic rings. The molecule has 1 heterocycles. The summed E-state index contributed by atoms with van der Waals surface area (Å²) in [5.41, 5.74) is 7.35. The molecule has 19 heavy (non-hydrogen) atoms. The van der Waals surface area contributed by atoms with Crippen molar-refractivity contribution < 1.29 is 4.21 Å². The second-order valence-corrected chi connectivity index (χ2v) is 5.86. The van der Waals surface area contributed by atoms with E-state index in [-0.39, 0.29) is 5.56 Å². The lowest BCUT2D eigenvalue weighted by Gasteiger charge is -2.08. The molecule has 0 amide bonds. The first-order valence-electron chi connectivity index (χ1n) is 5.98. The molecule has 1 atom stereocenters. The predicted octanol–water partition coefficient (Wildman–Crippen LogP) is 1.55. The number of nitrogen functional groups attached to an aromatic ring is 1. The molecule has 0 radical (unpaired) electrons. The van der Waals surface area contributed by atoms with Crippen molar-refractivity contribution in [3.05, 3.63) is 58.5 Å². The molecule has 2 N–H and O–H groups in total. The van der Waals surface area contributed by atoms with Crippen LogP contribution in [0.4, 0.5) is 5.69 Å². The molecule has 0 fully saturated rings. The third-order valence-corrected chi connectivity index (χ3v) is 4.24. The number of pyridine rings is 1. The highest BCUT2D eigenvalue weighted by atomic mass is 32.2. The van der Waals surface area contributed by atoms with Gasteiger partial charge in [-0.2, -0.15) is 0 Å². The van der Waals surface area contributed by atoms with Crippen LogP contribution in [0.15, 0.2) is 52.3 Å². The normalized spacial score (nSPS) is 12.3. The van der Waals surface area contributed by atoms with Crippen LogP contribution in [0.3, 0.4) is 0 Å². The third-order valence-electron chi connectivity index (χ3n) is 2.83. The average Bonchev–Trinajstić information content (AvgIpc) is 2.37. The van der Waals surface area contributed by atoms with Crippen LogP contribution in [0.5, 0.6) is 0 Å². The predicted molar refractivity (Wildman–Crippen MR) is 77.6 cm³/mol. The molecule has 0 aliphatic heterocycles. The van der Waals surface area contributed by atoms with Gasteiger partial charge >= 0.3 is 0 Å². The zero-order chi connectivity index (χ0) is 13.8. The Hall–Kier alpha value is -1.88. The van der Waals surface area contributed by atoms with Gasteiger partial charge in [0.1, 0.15) is 0 Å². The lowest BCUT2D eigenvalue weighted by atomic mass is 10.2. The Morgan fingerprint density at radius 3 is 2.74 bits per heavy atom. The first kappa shape index (κ1) is 13.5. The van der Waals surface area contributed by atoms with E-state index in [9.17, 15) is 9.00 Å². The van der Waals surface area contributed by atoms with Gasteiger partial charge in [-0.05, 0) is 30.7 Å². The van der Waals surface area contributed by atoms with E-state index in [0.29, 0.717) is 22.9 Å². The fourth-order valence-corrected chi connectivity index (χ4v) is 2.94. The number of hydrogen-bond acceptors (Lipinski definition) is 3. The lowest BCUT2D eigenvalue weighted by molar-refractivity contribution is 0.669. The van der Waals surface area contributed by atoms with Crippen molar-refractivity contribution in [3.63, 3.8) is 0 Å². The lowest BCUT2D eigenvalue weighted by Crippen LogP contribution is -2.21. The zero-order valence-electron chi connectivity index (χ0n) is 10.7. The van der Waals surface area contributed by atoms with Crippen LogP contribution in [0.2, 0.25) is 0 Å². The second-order valence-electron chi connectivity index (χ2n) is 4.32. The Balaban J connectivity index is 2.10. The maximum Gasteiger partial charge on any atom is 0.250 e. The molecule has 1 aromatic heterocycles. The molecule has 0 aliphatic rings. The van der Waals surface area contributed by atoms with E-state index in [2.05, 4.69) is 0 Å². The number of nitrogens with two attached hydrogens (primary N) is 1. The highest BCUT2D eigenvalue weighted by Gasteiger charge is 2.08. The topological polar surface area (TPSA) is 65.1 Å². The smallest absolute Gasteiger partial charge is 0.250 e. The molecular weight excluding hydrogens is 260 g/mol. The minimum atomic E-state index is -1.20. The van der Waals surface area contributed by atoms with Crippen molar-refractivity contribution in [2.75, 3.05) is 11.5 Å². The monoisotopic (exact) mass is 276 g/mol. The molecule has 0 bridgehead atoms. The molecule has 0 spiro atoms. The summed E-state index contributed by atoms with van der Waals surface area (Å²) < 4.78 is 13.7. The van der Waals surface area contributed by atoms with E-state index in [1.165, 1.54) is 6.07 Å². The number of hydrogen-bond donors (Lipinski definition) is 1. The van der Waals surface area contributed by atoms with Crippen molar-refractivity contribution in [3.8, 4) is 0 Å². The van der Waals surface area contributed by atoms with Gasteiger partial charge in [0.15, 0.2) is 0 Å². The van der Waals surface area contributed by atoms with Crippen LogP contribution < -0.4 is 11.3 Å². The highest BCUT2D eigenvalue weighted by molar-refractivity contribution is 7.85.